The smallest absolute Gasteiger partial charge is 0.449 e. The first-order valence-electron chi connectivity index (χ1n) is 4.01. The SMILES string of the molecule is O=C(O)OC(=O)OC(=O)CC(=O)OC(=O)OC(=O)O. The minimum Gasteiger partial charge on any atom is -0.449 e. The summed E-state index contributed by atoms with van der Waals surface area (Å²) in [5.41, 5.74) is 0. The molecule has 0 saturated heterocycles. The molecule has 0 bridgehead atoms. The highest BCUT2D eigenvalue weighted by Crippen LogP contribution is 1.96. The van der Waals surface area contributed by atoms with Crippen molar-refractivity contribution >= 4 is 36.6 Å². The molecule has 0 aromatic carbocycles. The minimum absolute atomic E-state index is 1.29. The van der Waals surface area contributed by atoms with Crippen LogP contribution in [0.5, 0.6) is 0 Å². The van der Waals surface area contributed by atoms with Crippen LogP contribution in [0.4, 0.5) is 19.2 Å². The predicted octanol–water partition coefficient (Wildman–Crippen LogP) is 0.0921. The number of rotatable bonds is 2. The molecular formula is C7H4O12. The van der Waals surface area contributed by atoms with Crippen LogP contribution in [-0.2, 0) is 28.5 Å². The van der Waals surface area contributed by atoms with Crippen LogP contribution in [0, 0.1) is 0 Å². The van der Waals surface area contributed by atoms with Crippen LogP contribution >= 0.6 is 0 Å². The van der Waals surface area contributed by atoms with Gasteiger partial charge < -0.3 is 29.2 Å². The summed E-state index contributed by atoms with van der Waals surface area (Å²) in [7, 11) is 0. The Morgan fingerprint density at radius 2 is 0.947 bits per heavy atom. The molecule has 0 aromatic rings. The molecule has 0 saturated carbocycles. The Morgan fingerprint density at radius 1 is 0.632 bits per heavy atom. The molecule has 0 aliphatic heterocycles. The van der Waals surface area contributed by atoms with Crippen LogP contribution < -0.4 is 0 Å². The molecule has 0 aliphatic carbocycles. The van der Waals surface area contributed by atoms with Gasteiger partial charge in [0.1, 0.15) is 6.42 Å². The number of esters is 2. The fraction of sp³-hybridized carbons (Fsp3) is 0.143. The van der Waals surface area contributed by atoms with Gasteiger partial charge in [-0.25, -0.2) is 19.2 Å². The van der Waals surface area contributed by atoms with Crippen LogP contribution in [0.1, 0.15) is 6.42 Å². The van der Waals surface area contributed by atoms with E-state index in [0.29, 0.717) is 0 Å². The van der Waals surface area contributed by atoms with Crippen LogP contribution in [0.2, 0.25) is 0 Å². The van der Waals surface area contributed by atoms with E-state index >= 15 is 0 Å². The summed E-state index contributed by atoms with van der Waals surface area (Å²) < 4.78 is 14.0. The monoisotopic (exact) mass is 280 g/mol. The number of hydrogen-bond acceptors (Lipinski definition) is 10. The van der Waals surface area contributed by atoms with Gasteiger partial charge in [-0.05, 0) is 0 Å². The van der Waals surface area contributed by atoms with Crippen molar-refractivity contribution < 1.29 is 57.9 Å². The van der Waals surface area contributed by atoms with E-state index in [0.717, 1.165) is 0 Å². The third-order valence-corrected chi connectivity index (χ3v) is 1.02. The Hall–Kier alpha value is -3.18. The Bertz CT molecular complexity index is 393. The Morgan fingerprint density at radius 3 is 1.21 bits per heavy atom. The van der Waals surface area contributed by atoms with E-state index in [-0.39, 0.29) is 0 Å². The average molecular weight is 280 g/mol. The standard InChI is InChI=1S/C7H4O12/c8-2(16-6(14)18-4(10)11)1-3(9)17-7(15)19-5(12)13/h1H2,(H,10,11)(H,12,13). The molecule has 0 spiro atoms. The predicted molar refractivity (Wildman–Crippen MR) is 45.8 cm³/mol. The molecule has 0 heterocycles. The number of carboxylic acid groups (broad SMARTS) is 2. The molecule has 104 valence electrons. The fourth-order valence-electron chi connectivity index (χ4n) is 0.560. The first-order valence-corrected chi connectivity index (χ1v) is 4.01. The molecule has 0 radical (unpaired) electrons. The molecule has 0 rings (SSSR count). The van der Waals surface area contributed by atoms with Gasteiger partial charge in [-0.15, -0.1) is 0 Å². The van der Waals surface area contributed by atoms with Crippen molar-refractivity contribution in [2.45, 2.75) is 6.42 Å². The zero-order valence-electron chi connectivity index (χ0n) is 8.68. The molecule has 0 fully saturated rings. The fourth-order valence-corrected chi connectivity index (χ4v) is 0.560. The normalized spacial score (nSPS) is 8.84. The summed E-state index contributed by atoms with van der Waals surface area (Å²) in [5.74, 6) is -3.20. The van der Waals surface area contributed by atoms with Crippen LogP contribution in [0.3, 0.4) is 0 Å². The van der Waals surface area contributed by atoms with Gasteiger partial charge >= 0.3 is 36.6 Å². The second kappa shape index (κ2) is 7.21. The van der Waals surface area contributed by atoms with E-state index in [2.05, 4.69) is 18.9 Å². The second-order valence-electron chi connectivity index (χ2n) is 2.36. The Balaban J connectivity index is 4.09. The molecule has 2 N–H and O–H groups in total. The number of hydrogen-bond donors (Lipinski definition) is 2. The van der Waals surface area contributed by atoms with Crippen molar-refractivity contribution in [2.24, 2.45) is 0 Å². The summed E-state index contributed by atoms with van der Waals surface area (Å²) in [4.78, 5) is 62.1. The quantitative estimate of drug-likeness (QED) is 0.514. The Kier molecular flexibility index (Phi) is 6.00. The van der Waals surface area contributed by atoms with Gasteiger partial charge in [-0.2, -0.15) is 0 Å². The first kappa shape index (κ1) is 15.8. The zero-order valence-corrected chi connectivity index (χ0v) is 8.68. The van der Waals surface area contributed by atoms with E-state index in [1.54, 1.807) is 0 Å². The summed E-state index contributed by atoms with van der Waals surface area (Å²) in [6.45, 7) is 0. The van der Waals surface area contributed by atoms with Crippen LogP contribution in [-0.4, -0.2) is 46.8 Å². The lowest BCUT2D eigenvalue weighted by Gasteiger charge is -2.01. The third-order valence-electron chi connectivity index (χ3n) is 1.02. The van der Waals surface area contributed by atoms with E-state index < -0.39 is 43.0 Å². The topological polar surface area (TPSA) is 180 Å². The van der Waals surface area contributed by atoms with Crippen molar-refractivity contribution in [3.8, 4) is 0 Å². The van der Waals surface area contributed by atoms with Gasteiger partial charge in [-0.3, -0.25) is 9.59 Å². The highest BCUT2D eigenvalue weighted by molar-refractivity contribution is 5.99. The lowest BCUT2D eigenvalue weighted by molar-refractivity contribution is -0.149. The molecule has 0 amide bonds. The van der Waals surface area contributed by atoms with Crippen LogP contribution in [0.25, 0.3) is 0 Å². The third kappa shape index (κ3) is 8.61. The van der Waals surface area contributed by atoms with Gasteiger partial charge in [0, 0.05) is 0 Å². The summed E-state index contributed by atoms with van der Waals surface area (Å²) in [6.07, 6.45) is -9.23. The number of carbonyl (C=O) groups excluding carboxylic acids is 4. The summed E-state index contributed by atoms with van der Waals surface area (Å²) in [6, 6.07) is 0. The maximum Gasteiger partial charge on any atom is 0.526 e. The van der Waals surface area contributed by atoms with E-state index in [1.165, 1.54) is 0 Å². The number of ether oxygens (including phenoxy) is 4. The van der Waals surface area contributed by atoms with Gasteiger partial charge in [0.05, 0.1) is 0 Å². The second-order valence-corrected chi connectivity index (χ2v) is 2.36. The van der Waals surface area contributed by atoms with Crippen molar-refractivity contribution in [3.05, 3.63) is 0 Å². The van der Waals surface area contributed by atoms with Gasteiger partial charge in [-0.1, -0.05) is 0 Å². The average Bonchev–Trinajstić information content (AvgIpc) is 2.12. The van der Waals surface area contributed by atoms with Gasteiger partial charge in [0.2, 0.25) is 0 Å². The molecule has 19 heavy (non-hydrogen) atoms. The number of carbonyl (C=O) groups is 6. The largest absolute Gasteiger partial charge is 0.526 e. The molecular weight excluding hydrogens is 276 g/mol. The van der Waals surface area contributed by atoms with E-state index in [9.17, 15) is 28.8 Å². The highest BCUT2D eigenvalue weighted by Gasteiger charge is 2.22. The van der Waals surface area contributed by atoms with Gasteiger partial charge in [0.15, 0.2) is 0 Å². The lowest BCUT2D eigenvalue weighted by Crippen LogP contribution is -2.22. The molecule has 0 atom stereocenters. The van der Waals surface area contributed by atoms with Crippen molar-refractivity contribution in [1.82, 2.24) is 0 Å². The summed E-state index contributed by atoms with van der Waals surface area (Å²) in [5, 5.41) is 15.9. The molecule has 12 heteroatoms. The molecule has 12 nitrogen and oxygen atoms in total. The van der Waals surface area contributed by atoms with E-state index in [1.807, 2.05) is 0 Å². The van der Waals surface area contributed by atoms with Crippen LogP contribution in [0.15, 0.2) is 0 Å². The molecule has 0 aliphatic rings. The molecule has 0 unspecified atom stereocenters. The molecule has 0 aromatic heterocycles. The first-order chi connectivity index (χ1) is 8.70. The van der Waals surface area contributed by atoms with Crippen molar-refractivity contribution in [1.29, 1.82) is 0 Å². The van der Waals surface area contributed by atoms with E-state index in [4.69, 9.17) is 10.2 Å². The minimum atomic E-state index is -2.05. The maximum atomic E-state index is 10.8. The van der Waals surface area contributed by atoms with Gasteiger partial charge in [0.25, 0.3) is 0 Å². The lowest BCUT2D eigenvalue weighted by atomic mass is 10.4. The summed E-state index contributed by atoms with van der Waals surface area (Å²) >= 11 is 0. The van der Waals surface area contributed by atoms with Crippen molar-refractivity contribution in [2.75, 3.05) is 0 Å². The zero-order chi connectivity index (χ0) is 15.0. The maximum absolute atomic E-state index is 10.8. The highest BCUT2D eigenvalue weighted by atomic mass is 16.8. The van der Waals surface area contributed by atoms with Crippen molar-refractivity contribution in [3.63, 3.8) is 0 Å². The Labute approximate surface area is 102 Å².